The highest BCUT2D eigenvalue weighted by Crippen LogP contribution is 2.15. The first-order chi connectivity index (χ1) is 12.7. The maximum Gasteiger partial charge on any atom is 0.251 e. The van der Waals surface area contributed by atoms with Gasteiger partial charge in [0.25, 0.3) is 5.56 Å². The molecule has 3 heterocycles. The van der Waals surface area contributed by atoms with Crippen molar-refractivity contribution < 1.29 is 4.79 Å². The number of rotatable bonds is 6. The van der Waals surface area contributed by atoms with Crippen LogP contribution in [0.4, 0.5) is 5.95 Å². The van der Waals surface area contributed by atoms with Gasteiger partial charge < -0.3 is 14.8 Å². The minimum absolute atomic E-state index is 0.0483. The van der Waals surface area contributed by atoms with E-state index >= 15 is 0 Å². The molecule has 138 valence electrons. The molecular formula is C17H22N6O2S. The minimum atomic E-state index is -0.171. The molecule has 8 nitrogen and oxygen atoms in total. The van der Waals surface area contributed by atoms with E-state index in [9.17, 15) is 9.59 Å². The van der Waals surface area contributed by atoms with Crippen molar-refractivity contribution in [2.45, 2.75) is 24.9 Å². The summed E-state index contributed by atoms with van der Waals surface area (Å²) < 4.78 is 0. The lowest BCUT2D eigenvalue weighted by Gasteiger charge is -2.34. The molecule has 0 spiro atoms. The monoisotopic (exact) mass is 374 g/mol. The molecule has 1 saturated heterocycles. The predicted molar refractivity (Wildman–Crippen MR) is 100 cm³/mol. The van der Waals surface area contributed by atoms with Crippen LogP contribution in [-0.2, 0) is 11.2 Å². The van der Waals surface area contributed by atoms with E-state index in [1.54, 1.807) is 18.5 Å². The van der Waals surface area contributed by atoms with Gasteiger partial charge in [0, 0.05) is 50.3 Å². The number of hydrogen-bond donors (Lipinski definition) is 1. The smallest absolute Gasteiger partial charge is 0.251 e. The normalized spacial score (nSPS) is 14.5. The summed E-state index contributed by atoms with van der Waals surface area (Å²) in [6.07, 6.45) is 5.12. The first kappa shape index (κ1) is 18.4. The number of nitrogens with zero attached hydrogens (tertiary/aromatic N) is 5. The van der Waals surface area contributed by atoms with E-state index in [1.165, 1.54) is 17.8 Å². The molecule has 26 heavy (non-hydrogen) atoms. The Labute approximate surface area is 156 Å². The van der Waals surface area contributed by atoms with Gasteiger partial charge in [-0.3, -0.25) is 9.59 Å². The molecule has 0 saturated carbocycles. The maximum atomic E-state index is 12.4. The Morgan fingerprint density at radius 3 is 2.65 bits per heavy atom. The number of H-pyrrole nitrogens is 1. The number of hydrogen-bond acceptors (Lipinski definition) is 7. The summed E-state index contributed by atoms with van der Waals surface area (Å²) in [5.74, 6) is 1.01. The fourth-order valence-corrected chi connectivity index (χ4v) is 3.57. The second-order valence-electron chi connectivity index (χ2n) is 6.00. The number of nitrogens with one attached hydrogen (secondary N) is 1. The Morgan fingerprint density at radius 2 is 1.96 bits per heavy atom. The average Bonchev–Trinajstić information content (AvgIpc) is 2.67. The second kappa shape index (κ2) is 8.79. The zero-order valence-corrected chi connectivity index (χ0v) is 15.5. The van der Waals surface area contributed by atoms with Crippen LogP contribution in [0.25, 0.3) is 0 Å². The van der Waals surface area contributed by atoms with Crippen LogP contribution in [-0.4, -0.2) is 62.7 Å². The van der Waals surface area contributed by atoms with Crippen LogP contribution in [0.5, 0.6) is 0 Å². The summed E-state index contributed by atoms with van der Waals surface area (Å²) in [6.45, 7) is 4.73. The van der Waals surface area contributed by atoms with Gasteiger partial charge in [0.15, 0.2) is 5.16 Å². The maximum absolute atomic E-state index is 12.4. The zero-order chi connectivity index (χ0) is 18.4. The predicted octanol–water partition coefficient (Wildman–Crippen LogP) is 0.953. The summed E-state index contributed by atoms with van der Waals surface area (Å²) in [7, 11) is 0. The van der Waals surface area contributed by atoms with Crippen molar-refractivity contribution in [3.63, 3.8) is 0 Å². The molecule has 9 heteroatoms. The van der Waals surface area contributed by atoms with Gasteiger partial charge in [0.05, 0.1) is 5.75 Å². The Bertz CT molecular complexity index is 789. The lowest BCUT2D eigenvalue weighted by molar-refractivity contribution is -0.128. The van der Waals surface area contributed by atoms with Crippen molar-refractivity contribution in [1.29, 1.82) is 0 Å². The van der Waals surface area contributed by atoms with Gasteiger partial charge >= 0.3 is 0 Å². The molecule has 1 N–H and O–H groups in total. The van der Waals surface area contributed by atoms with Crippen LogP contribution >= 0.6 is 11.8 Å². The molecule has 3 rings (SSSR count). The summed E-state index contributed by atoms with van der Waals surface area (Å²) in [6, 6.07) is 3.30. The fraction of sp³-hybridized carbons (Fsp3) is 0.471. The van der Waals surface area contributed by atoms with Gasteiger partial charge in [-0.2, -0.15) is 0 Å². The van der Waals surface area contributed by atoms with Gasteiger partial charge in [-0.15, -0.1) is 0 Å². The fourth-order valence-electron chi connectivity index (χ4n) is 2.77. The number of aryl methyl sites for hydroxylation is 1. The van der Waals surface area contributed by atoms with E-state index in [-0.39, 0.29) is 17.2 Å². The topological polar surface area (TPSA) is 95.1 Å². The number of carbonyl (C=O) groups excluding carboxylic acids is 1. The summed E-state index contributed by atoms with van der Waals surface area (Å²) in [4.78, 5) is 43.6. The van der Waals surface area contributed by atoms with E-state index < -0.39 is 0 Å². The molecule has 2 aromatic rings. The highest BCUT2D eigenvalue weighted by molar-refractivity contribution is 7.99. The third-order valence-electron chi connectivity index (χ3n) is 4.08. The first-order valence-corrected chi connectivity index (χ1v) is 9.67. The molecule has 1 aliphatic rings. The summed E-state index contributed by atoms with van der Waals surface area (Å²) in [5, 5.41) is 0.505. The van der Waals surface area contributed by atoms with E-state index in [2.05, 4.69) is 24.8 Å². The molecule has 1 fully saturated rings. The molecule has 0 unspecified atom stereocenters. The van der Waals surface area contributed by atoms with Crippen molar-refractivity contribution >= 4 is 23.6 Å². The second-order valence-corrected chi connectivity index (χ2v) is 6.96. The number of anilines is 1. The van der Waals surface area contributed by atoms with Crippen molar-refractivity contribution in [2.24, 2.45) is 0 Å². The number of piperazine rings is 1. The number of aromatic nitrogens is 4. The summed E-state index contributed by atoms with van der Waals surface area (Å²) in [5.41, 5.74) is 0.595. The largest absolute Gasteiger partial charge is 0.338 e. The van der Waals surface area contributed by atoms with Crippen LogP contribution < -0.4 is 10.5 Å². The van der Waals surface area contributed by atoms with E-state index in [4.69, 9.17) is 0 Å². The molecule has 0 bridgehead atoms. The Morgan fingerprint density at radius 1 is 1.23 bits per heavy atom. The Kier molecular flexibility index (Phi) is 6.21. The lowest BCUT2D eigenvalue weighted by Crippen LogP contribution is -2.49. The van der Waals surface area contributed by atoms with Crippen LogP contribution in [0.2, 0.25) is 0 Å². The van der Waals surface area contributed by atoms with E-state index in [1.807, 2.05) is 11.8 Å². The van der Waals surface area contributed by atoms with Crippen molar-refractivity contribution in [3.8, 4) is 0 Å². The molecular weight excluding hydrogens is 352 g/mol. The highest BCUT2D eigenvalue weighted by Gasteiger charge is 2.22. The lowest BCUT2D eigenvalue weighted by atomic mass is 10.2. The number of aromatic amines is 1. The molecule has 0 radical (unpaired) electrons. The summed E-state index contributed by atoms with van der Waals surface area (Å²) >= 11 is 1.28. The van der Waals surface area contributed by atoms with Crippen molar-refractivity contribution in [1.82, 2.24) is 24.8 Å². The van der Waals surface area contributed by atoms with E-state index in [0.29, 0.717) is 37.3 Å². The van der Waals surface area contributed by atoms with Crippen LogP contribution in [0.1, 0.15) is 19.0 Å². The minimum Gasteiger partial charge on any atom is -0.338 e. The standard InChI is InChI=1S/C17H22N6O2S/c1-2-4-13-11-14(24)21-17(20-13)26-12-15(25)22-7-9-23(10-8-22)16-18-5-3-6-19-16/h3,5-6,11H,2,4,7-10,12H2,1H3,(H,20,21,24). The van der Waals surface area contributed by atoms with Gasteiger partial charge in [-0.05, 0) is 12.5 Å². The molecule has 0 aromatic carbocycles. The molecule has 2 aromatic heterocycles. The van der Waals surface area contributed by atoms with Crippen molar-refractivity contribution in [2.75, 3.05) is 36.8 Å². The Balaban J connectivity index is 1.51. The third kappa shape index (κ3) is 4.81. The number of amides is 1. The number of thioether (sulfide) groups is 1. The van der Waals surface area contributed by atoms with Gasteiger partial charge in [-0.1, -0.05) is 25.1 Å². The zero-order valence-electron chi connectivity index (χ0n) is 14.7. The molecule has 1 aliphatic heterocycles. The van der Waals surface area contributed by atoms with Crippen LogP contribution in [0, 0.1) is 0 Å². The van der Waals surface area contributed by atoms with Crippen LogP contribution in [0.15, 0.2) is 34.5 Å². The highest BCUT2D eigenvalue weighted by atomic mass is 32.2. The SMILES string of the molecule is CCCc1cc(=O)[nH]c(SCC(=O)N2CCN(c3ncccn3)CC2)n1. The number of carbonyl (C=O) groups is 1. The van der Waals surface area contributed by atoms with Crippen LogP contribution in [0.3, 0.4) is 0 Å². The van der Waals surface area contributed by atoms with E-state index in [0.717, 1.165) is 18.5 Å². The first-order valence-electron chi connectivity index (χ1n) is 8.68. The molecule has 0 aliphatic carbocycles. The third-order valence-corrected chi connectivity index (χ3v) is 4.94. The Hall–Kier alpha value is -2.42. The average molecular weight is 374 g/mol. The molecule has 1 amide bonds. The van der Waals surface area contributed by atoms with Gasteiger partial charge in [-0.25, -0.2) is 15.0 Å². The van der Waals surface area contributed by atoms with Crippen molar-refractivity contribution in [3.05, 3.63) is 40.6 Å². The molecule has 0 atom stereocenters. The quantitative estimate of drug-likeness (QED) is 0.594. The van der Waals surface area contributed by atoms with Gasteiger partial charge in [0.1, 0.15) is 0 Å². The van der Waals surface area contributed by atoms with Gasteiger partial charge in [0.2, 0.25) is 11.9 Å².